The third kappa shape index (κ3) is 7.26. The van der Waals surface area contributed by atoms with E-state index in [2.05, 4.69) is 20.8 Å². The molecule has 0 saturated carbocycles. The van der Waals surface area contributed by atoms with E-state index in [0.717, 1.165) is 18.7 Å². The van der Waals surface area contributed by atoms with Crippen LogP contribution in [-0.2, 0) is 17.7 Å². The minimum absolute atomic E-state index is 0.0419. The summed E-state index contributed by atoms with van der Waals surface area (Å²) in [4.78, 5) is 31.8. The van der Waals surface area contributed by atoms with E-state index in [1.165, 1.54) is 0 Å². The first-order valence-electron chi connectivity index (χ1n) is 10.8. The van der Waals surface area contributed by atoms with Crippen molar-refractivity contribution < 1.29 is 14.3 Å². The number of benzene rings is 1. The van der Waals surface area contributed by atoms with Gasteiger partial charge in [-0.2, -0.15) is 0 Å². The summed E-state index contributed by atoms with van der Waals surface area (Å²) >= 11 is 0. The van der Waals surface area contributed by atoms with Crippen LogP contribution in [0.15, 0.2) is 23.0 Å². The maximum atomic E-state index is 13.3. The van der Waals surface area contributed by atoms with Crippen LogP contribution >= 0.6 is 0 Å². The quantitative estimate of drug-likeness (QED) is 0.597. The molecule has 0 aliphatic carbocycles. The van der Waals surface area contributed by atoms with Crippen LogP contribution in [-0.4, -0.2) is 46.8 Å². The van der Waals surface area contributed by atoms with Crippen LogP contribution in [0.1, 0.15) is 60.2 Å². The van der Waals surface area contributed by atoms with Gasteiger partial charge in [0.2, 0.25) is 0 Å². The normalized spacial score (nSPS) is 12.1. The van der Waals surface area contributed by atoms with Gasteiger partial charge in [-0.25, -0.2) is 9.78 Å². The molecule has 0 N–H and O–H groups in total. The Balaban J connectivity index is 2.17. The van der Waals surface area contributed by atoms with E-state index < -0.39 is 5.60 Å². The minimum Gasteiger partial charge on any atom is -0.497 e. The van der Waals surface area contributed by atoms with Crippen molar-refractivity contribution in [3.05, 3.63) is 34.4 Å². The molecule has 2 aromatic rings. The number of fused-ring (bicyclic) bond motifs is 1. The average molecular weight is 432 g/mol. The average Bonchev–Trinajstić information content (AvgIpc) is 2.65. The predicted molar refractivity (Wildman–Crippen MR) is 124 cm³/mol. The van der Waals surface area contributed by atoms with Crippen molar-refractivity contribution >= 4 is 17.0 Å². The van der Waals surface area contributed by atoms with Crippen LogP contribution in [0.25, 0.3) is 10.9 Å². The number of amides is 1. The molecular weight excluding hydrogens is 394 g/mol. The summed E-state index contributed by atoms with van der Waals surface area (Å²) in [6.07, 6.45) is 1.94. The lowest BCUT2D eigenvalue weighted by Gasteiger charge is -2.25. The highest BCUT2D eigenvalue weighted by Gasteiger charge is 2.20. The second kappa shape index (κ2) is 9.71. The molecule has 1 aromatic heterocycles. The molecule has 0 aliphatic rings. The van der Waals surface area contributed by atoms with Crippen molar-refractivity contribution in [2.24, 2.45) is 5.41 Å². The van der Waals surface area contributed by atoms with Crippen LogP contribution in [0.4, 0.5) is 4.79 Å². The Morgan fingerprint density at radius 1 is 1.13 bits per heavy atom. The summed E-state index contributed by atoms with van der Waals surface area (Å²) in [7, 11) is 3.33. The second-order valence-electron chi connectivity index (χ2n) is 10.2. The number of carbonyl (C=O) groups excluding carboxylic acids is 1. The first-order valence-corrected chi connectivity index (χ1v) is 10.8. The minimum atomic E-state index is -0.508. The summed E-state index contributed by atoms with van der Waals surface area (Å²) in [5.41, 5.74) is 0.0621. The molecule has 0 bridgehead atoms. The highest BCUT2D eigenvalue weighted by atomic mass is 16.6. The zero-order valence-corrected chi connectivity index (χ0v) is 20.2. The van der Waals surface area contributed by atoms with E-state index in [1.54, 1.807) is 29.7 Å². The zero-order valence-electron chi connectivity index (χ0n) is 20.2. The van der Waals surface area contributed by atoms with Gasteiger partial charge in [-0.05, 0) is 57.2 Å². The lowest BCUT2D eigenvalue weighted by atomic mass is 9.96. The molecule has 31 heavy (non-hydrogen) atoms. The van der Waals surface area contributed by atoms with Crippen molar-refractivity contribution in [2.45, 2.75) is 73.0 Å². The topological polar surface area (TPSA) is 73.7 Å². The number of aryl methyl sites for hydroxylation is 1. The first-order chi connectivity index (χ1) is 14.3. The maximum Gasteiger partial charge on any atom is 0.410 e. The van der Waals surface area contributed by atoms with E-state index in [1.807, 2.05) is 32.9 Å². The van der Waals surface area contributed by atoms with Gasteiger partial charge in [0.25, 0.3) is 5.56 Å². The number of aromatic nitrogens is 2. The third-order valence-corrected chi connectivity index (χ3v) is 4.72. The van der Waals surface area contributed by atoms with Crippen molar-refractivity contribution in [3.63, 3.8) is 0 Å². The lowest BCUT2D eigenvalue weighted by Crippen LogP contribution is -2.34. The molecule has 0 atom stereocenters. The van der Waals surface area contributed by atoms with E-state index in [-0.39, 0.29) is 17.1 Å². The first kappa shape index (κ1) is 24.7. The molecule has 7 heteroatoms. The summed E-state index contributed by atoms with van der Waals surface area (Å²) in [6.45, 7) is 13.1. The van der Waals surface area contributed by atoms with Crippen LogP contribution in [0, 0.1) is 5.41 Å². The van der Waals surface area contributed by atoms with Gasteiger partial charge in [-0.15, -0.1) is 0 Å². The van der Waals surface area contributed by atoms with Gasteiger partial charge in [0.1, 0.15) is 17.2 Å². The van der Waals surface area contributed by atoms with Gasteiger partial charge < -0.3 is 14.4 Å². The molecule has 0 saturated heterocycles. The highest BCUT2D eigenvalue weighted by Crippen LogP contribution is 2.21. The fourth-order valence-corrected chi connectivity index (χ4v) is 3.26. The van der Waals surface area contributed by atoms with Crippen LogP contribution in [0.3, 0.4) is 0 Å². The number of carbonyl (C=O) groups is 1. The molecule has 0 aliphatic heterocycles. The fourth-order valence-electron chi connectivity index (χ4n) is 3.26. The van der Waals surface area contributed by atoms with Crippen LogP contribution in [0.5, 0.6) is 5.75 Å². The van der Waals surface area contributed by atoms with Gasteiger partial charge in [-0.1, -0.05) is 20.8 Å². The summed E-state index contributed by atoms with van der Waals surface area (Å²) < 4.78 is 12.5. The summed E-state index contributed by atoms with van der Waals surface area (Å²) in [5, 5.41) is 0.567. The Labute approximate surface area is 185 Å². The van der Waals surface area contributed by atoms with Crippen molar-refractivity contribution in [3.8, 4) is 5.75 Å². The van der Waals surface area contributed by atoms with Crippen molar-refractivity contribution in [1.29, 1.82) is 0 Å². The van der Waals surface area contributed by atoms with Crippen LogP contribution < -0.4 is 10.3 Å². The Morgan fingerprint density at radius 3 is 2.39 bits per heavy atom. The molecular formula is C24H37N3O4. The van der Waals surface area contributed by atoms with Crippen molar-refractivity contribution in [2.75, 3.05) is 20.7 Å². The molecule has 1 amide bonds. The third-order valence-electron chi connectivity index (χ3n) is 4.72. The monoisotopic (exact) mass is 431 g/mol. The second-order valence-corrected chi connectivity index (χ2v) is 10.2. The number of methoxy groups -OCH3 is 1. The Kier molecular flexibility index (Phi) is 7.73. The van der Waals surface area contributed by atoms with Crippen LogP contribution in [0.2, 0.25) is 0 Å². The zero-order chi connectivity index (χ0) is 23.4. The largest absolute Gasteiger partial charge is 0.497 e. The number of rotatable bonds is 7. The number of ether oxygens (including phenoxy) is 2. The SMILES string of the molecule is COc1ccc2nc(CCCCN(C)C(=O)OC(C)(C)C)n(CC(C)(C)C)c(=O)c2c1. The summed E-state index contributed by atoms with van der Waals surface area (Å²) in [6, 6.07) is 5.41. The van der Waals surface area contributed by atoms with Gasteiger partial charge in [0.05, 0.1) is 18.0 Å². The fraction of sp³-hybridized carbons (Fsp3) is 0.625. The molecule has 2 rings (SSSR count). The molecule has 0 spiro atoms. The number of nitrogens with zero attached hydrogens (tertiary/aromatic N) is 3. The predicted octanol–water partition coefficient (Wildman–Crippen LogP) is 4.64. The molecule has 0 radical (unpaired) electrons. The number of hydrogen-bond donors (Lipinski definition) is 0. The van der Waals surface area contributed by atoms with Gasteiger partial charge in [0.15, 0.2) is 0 Å². The van der Waals surface area contributed by atoms with Gasteiger partial charge in [-0.3, -0.25) is 9.36 Å². The van der Waals surface area contributed by atoms with E-state index in [9.17, 15) is 9.59 Å². The van der Waals surface area contributed by atoms with E-state index in [4.69, 9.17) is 14.5 Å². The summed E-state index contributed by atoms with van der Waals surface area (Å²) in [5.74, 6) is 1.42. The maximum absolute atomic E-state index is 13.3. The van der Waals surface area contributed by atoms with Gasteiger partial charge >= 0.3 is 6.09 Å². The van der Waals surface area contributed by atoms with Crippen molar-refractivity contribution in [1.82, 2.24) is 14.5 Å². The van der Waals surface area contributed by atoms with E-state index >= 15 is 0 Å². The Bertz CT molecular complexity index is 968. The molecule has 0 unspecified atom stereocenters. The Hall–Kier alpha value is -2.57. The molecule has 1 aromatic carbocycles. The lowest BCUT2D eigenvalue weighted by molar-refractivity contribution is 0.0296. The van der Waals surface area contributed by atoms with Gasteiger partial charge in [0, 0.05) is 26.6 Å². The molecule has 1 heterocycles. The van der Waals surface area contributed by atoms with E-state index in [0.29, 0.717) is 36.2 Å². The number of hydrogen-bond acceptors (Lipinski definition) is 5. The molecule has 172 valence electrons. The molecule has 0 fully saturated rings. The number of unbranched alkanes of at least 4 members (excludes halogenated alkanes) is 1. The standard InChI is InChI=1S/C24H37N3O4/c1-23(2,3)16-27-20(11-9-10-14-26(7)22(29)31-24(4,5)6)25-19-13-12-17(30-8)15-18(19)21(27)28/h12-13,15H,9-11,14,16H2,1-8H3. The Morgan fingerprint density at radius 2 is 1.81 bits per heavy atom. The smallest absolute Gasteiger partial charge is 0.410 e. The molecule has 7 nitrogen and oxygen atoms in total. The highest BCUT2D eigenvalue weighted by molar-refractivity contribution is 5.79.